The normalized spacial score (nSPS) is 14.9. The second-order valence-corrected chi connectivity index (χ2v) is 10.6. The number of hydrogen-bond donors (Lipinski definition) is 0. The number of carbonyl (C=O) groups excluding carboxylic acids is 1. The quantitative estimate of drug-likeness (QED) is 0.264. The van der Waals surface area contributed by atoms with Crippen molar-refractivity contribution >= 4 is 35.0 Å². The molecule has 1 unspecified atom stereocenters. The van der Waals surface area contributed by atoms with Crippen molar-refractivity contribution in [3.63, 3.8) is 0 Å². The number of ether oxygens (including phenoxy) is 3. The Balaban J connectivity index is 1.53. The highest BCUT2D eigenvalue weighted by molar-refractivity contribution is 7.07. The van der Waals surface area contributed by atoms with Crippen LogP contribution in [0.4, 0.5) is 4.39 Å². The first-order valence-electron chi connectivity index (χ1n) is 12.8. The lowest BCUT2D eigenvalue weighted by molar-refractivity contribution is -0.139. The lowest BCUT2D eigenvalue weighted by Gasteiger charge is -2.24. The first kappa shape index (κ1) is 28.3. The number of nitrogens with zero attached hydrogens (tertiary/aromatic N) is 2. The molecule has 0 fully saturated rings. The third-order valence-electron chi connectivity index (χ3n) is 6.50. The van der Waals surface area contributed by atoms with Crippen molar-refractivity contribution in [2.45, 2.75) is 26.5 Å². The van der Waals surface area contributed by atoms with Crippen molar-refractivity contribution in [3.05, 3.63) is 125 Å². The molecule has 2 heterocycles. The molecule has 7 nitrogen and oxygen atoms in total. The van der Waals surface area contributed by atoms with Crippen LogP contribution in [0.15, 0.2) is 87.8 Å². The molecule has 1 aliphatic heterocycles. The number of fused-ring (bicyclic) bond motifs is 1. The van der Waals surface area contributed by atoms with Crippen molar-refractivity contribution in [3.8, 4) is 11.5 Å². The van der Waals surface area contributed by atoms with E-state index in [0.29, 0.717) is 48.3 Å². The summed E-state index contributed by atoms with van der Waals surface area (Å²) in [4.78, 5) is 31.9. The SMILES string of the molecule is CCOC(=O)C1=C(C)N=c2s/c(=C\c3ccc(OCc4ccc(F)cc4)c(OC)c3)c(=O)n2C1c1ccc(Cl)cc1. The molecule has 1 aromatic heterocycles. The van der Waals surface area contributed by atoms with Gasteiger partial charge in [0.05, 0.1) is 35.6 Å². The van der Waals surface area contributed by atoms with Crippen molar-refractivity contribution in [1.82, 2.24) is 4.57 Å². The molecule has 0 saturated carbocycles. The van der Waals surface area contributed by atoms with E-state index in [4.69, 9.17) is 25.8 Å². The molecular weight excluding hydrogens is 567 g/mol. The Morgan fingerprint density at radius 2 is 1.83 bits per heavy atom. The van der Waals surface area contributed by atoms with Crippen LogP contribution >= 0.6 is 22.9 Å². The van der Waals surface area contributed by atoms with Crippen LogP contribution in [-0.2, 0) is 16.1 Å². The topological polar surface area (TPSA) is 79.1 Å². The number of hydrogen-bond acceptors (Lipinski definition) is 7. The van der Waals surface area contributed by atoms with Crippen LogP contribution in [0.3, 0.4) is 0 Å². The average Bonchev–Trinajstić information content (AvgIpc) is 3.26. The van der Waals surface area contributed by atoms with Gasteiger partial charge in [-0.05, 0) is 73.0 Å². The molecule has 210 valence electrons. The van der Waals surface area contributed by atoms with Gasteiger partial charge < -0.3 is 14.2 Å². The zero-order valence-electron chi connectivity index (χ0n) is 22.5. The van der Waals surface area contributed by atoms with E-state index >= 15 is 0 Å². The lowest BCUT2D eigenvalue weighted by atomic mass is 9.96. The minimum absolute atomic E-state index is 0.193. The fraction of sp³-hybridized carbons (Fsp3) is 0.194. The summed E-state index contributed by atoms with van der Waals surface area (Å²) in [6.07, 6.45) is 1.75. The molecule has 3 aromatic carbocycles. The van der Waals surface area contributed by atoms with Gasteiger partial charge in [0, 0.05) is 5.02 Å². The number of allylic oxidation sites excluding steroid dienone is 1. The Bertz CT molecular complexity index is 1810. The zero-order valence-corrected chi connectivity index (χ0v) is 24.1. The van der Waals surface area contributed by atoms with Crippen molar-refractivity contribution in [2.24, 2.45) is 4.99 Å². The van der Waals surface area contributed by atoms with Gasteiger partial charge in [-0.2, -0.15) is 0 Å². The molecule has 0 amide bonds. The summed E-state index contributed by atoms with van der Waals surface area (Å²) in [6, 6.07) is 17.7. The Morgan fingerprint density at radius 3 is 2.51 bits per heavy atom. The summed E-state index contributed by atoms with van der Waals surface area (Å²) < 4.78 is 31.9. The molecule has 0 spiro atoms. The smallest absolute Gasteiger partial charge is 0.338 e. The second-order valence-electron chi connectivity index (χ2n) is 9.18. The zero-order chi connectivity index (χ0) is 29.1. The maximum atomic E-state index is 13.8. The van der Waals surface area contributed by atoms with E-state index in [9.17, 15) is 14.0 Å². The summed E-state index contributed by atoms with van der Waals surface area (Å²) in [5.41, 5.74) is 2.73. The second kappa shape index (κ2) is 12.1. The lowest BCUT2D eigenvalue weighted by Crippen LogP contribution is -2.39. The predicted octanol–water partition coefficient (Wildman–Crippen LogP) is 5.18. The molecule has 1 aliphatic rings. The predicted molar refractivity (Wildman–Crippen MR) is 156 cm³/mol. The minimum atomic E-state index is -0.721. The number of thiazole rings is 1. The standard InChI is InChI=1S/C31H26ClFN2O5S/c1-4-39-30(37)27-18(2)34-31-35(28(27)21-8-10-22(32)11-9-21)29(36)26(41-31)16-20-7-14-24(25(15-20)38-3)40-17-19-5-12-23(33)13-6-19/h5-16,28H,4,17H2,1-3H3/b26-16-. The van der Waals surface area contributed by atoms with Crippen LogP contribution in [0.5, 0.6) is 11.5 Å². The molecule has 0 aliphatic carbocycles. The highest BCUT2D eigenvalue weighted by Gasteiger charge is 2.33. The maximum absolute atomic E-state index is 13.8. The van der Waals surface area contributed by atoms with E-state index in [-0.39, 0.29) is 24.6 Å². The molecule has 41 heavy (non-hydrogen) atoms. The van der Waals surface area contributed by atoms with Gasteiger partial charge in [-0.15, -0.1) is 0 Å². The van der Waals surface area contributed by atoms with Crippen LogP contribution in [0.25, 0.3) is 6.08 Å². The molecule has 1 atom stereocenters. The van der Waals surface area contributed by atoms with Gasteiger partial charge in [0.1, 0.15) is 12.4 Å². The summed E-state index contributed by atoms with van der Waals surface area (Å²) in [6.45, 7) is 3.90. The van der Waals surface area contributed by atoms with Crippen molar-refractivity contribution < 1.29 is 23.4 Å². The summed E-state index contributed by atoms with van der Waals surface area (Å²) >= 11 is 7.35. The van der Waals surface area contributed by atoms with Crippen LogP contribution in [0.2, 0.25) is 5.02 Å². The molecular formula is C31H26ClFN2O5S. The van der Waals surface area contributed by atoms with Gasteiger partial charge in [-0.3, -0.25) is 9.36 Å². The minimum Gasteiger partial charge on any atom is -0.493 e. The van der Waals surface area contributed by atoms with Crippen LogP contribution in [-0.4, -0.2) is 24.3 Å². The number of aromatic nitrogens is 1. The number of carbonyl (C=O) groups is 1. The highest BCUT2D eigenvalue weighted by atomic mass is 35.5. The molecule has 10 heteroatoms. The van der Waals surface area contributed by atoms with Crippen molar-refractivity contribution in [2.75, 3.05) is 13.7 Å². The summed E-state index contributed by atoms with van der Waals surface area (Å²) in [7, 11) is 1.53. The summed E-state index contributed by atoms with van der Waals surface area (Å²) in [5.74, 6) is 0.151. The fourth-order valence-corrected chi connectivity index (χ4v) is 5.71. The monoisotopic (exact) mass is 592 g/mol. The van der Waals surface area contributed by atoms with E-state index in [1.165, 1.54) is 35.1 Å². The van der Waals surface area contributed by atoms with E-state index in [1.54, 1.807) is 68.5 Å². The highest BCUT2D eigenvalue weighted by Crippen LogP contribution is 2.32. The molecule has 4 aromatic rings. The Kier molecular flexibility index (Phi) is 8.37. The van der Waals surface area contributed by atoms with Gasteiger partial charge in [0.15, 0.2) is 16.3 Å². The van der Waals surface area contributed by atoms with Crippen LogP contribution < -0.4 is 24.4 Å². The van der Waals surface area contributed by atoms with E-state index in [2.05, 4.69) is 4.99 Å². The van der Waals surface area contributed by atoms with Gasteiger partial charge >= 0.3 is 5.97 Å². The van der Waals surface area contributed by atoms with E-state index in [0.717, 1.165) is 5.56 Å². The fourth-order valence-electron chi connectivity index (χ4n) is 4.54. The number of rotatable bonds is 8. The molecule has 0 radical (unpaired) electrons. The maximum Gasteiger partial charge on any atom is 0.338 e. The molecule has 0 saturated heterocycles. The largest absolute Gasteiger partial charge is 0.493 e. The van der Waals surface area contributed by atoms with Crippen LogP contribution in [0, 0.1) is 5.82 Å². The third-order valence-corrected chi connectivity index (χ3v) is 7.73. The van der Waals surface area contributed by atoms with Gasteiger partial charge in [0.25, 0.3) is 5.56 Å². The Labute approximate surface area is 244 Å². The number of halogens is 2. The molecule has 0 N–H and O–H groups in total. The van der Waals surface area contributed by atoms with Gasteiger partial charge in [-0.25, -0.2) is 14.2 Å². The first-order valence-corrected chi connectivity index (χ1v) is 14.0. The van der Waals surface area contributed by atoms with Gasteiger partial charge in [0.2, 0.25) is 0 Å². The van der Waals surface area contributed by atoms with Crippen LogP contribution in [0.1, 0.15) is 36.6 Å². The van der Waals surface area contributed by atoms with E-state index in [1.807, 2.05) is 6.07 Å². The van der Waals surface area contributed by atoms with Gasteiger partial charge in [-0.1, -0.05) is 53.3 Å². The molecule has 0 bridgehead atoms. The average molecular weight is 593 g/mol. The third kappa shape index (κ3) is 5.96. The number of benzene rings is 3. The van der Waals surface area contributed by atoms with Crippen molar-refractivity contribution in [1.29, 1.82) is 0 Å². The van der Waals surface area contributed by atoms with E-state index < -0.39 is 12.0 Å². The molecule has 5 rings (SSSR count). The Hall–Kier alpha value is -4.21. The Morgan fingerprint density at radius 1 is 1.10 bits per heavy atom. The number of esters is 1. The summed E-state index contributed by atoms with van der Waals surface area (Å²) in [5, 5.41) is 0.540. The first-order chi connectivity index (χ1) is 19.8. The number of methoxy groups -OCH3 is 1.